The lowest BCUT2D eigenvalue weighted by atomic mass is 10.0. The first kappa shape index (κ1) is 79.1. The van der Waals surface area contributed by atoms with E-state index in [0.717, 1.165) is 44.9 Å². The first-order valence-electron chi connectivity index (χ1n) is 36.8. The minimum atomic E-state index is -0.844. The zero-order valence-corrected chi connectivity index (χ0v) is 54.8. The molecule has 0 heterocycles. The van der Waals surface area contributed by atoms with Crippen LogP contribution in [0, 0.1) is 0 Å². The molecule has 6 heteroatoms. The number of aliphatic hydroxyl groups excluding tert-OH is 2. The normalized spacial score (nSPS) is 12.7. The van der Waals surface area contributed by atoms with Gasteiger partial charge >= 0.3 is 5.97 Å². The van der Waals surface area contributed by atoms with E-state index in [4.69, 9.17) is 4.74 Å². The van der Waals surface area contributed by atoms with Crippen LogP contribution in [0.4, 0.5) is 0 Å². The number of carbonyl (C=O) groups excluding carboxylic acids is 2. The summed E-state index contributed by atoms with van der Waals surface area (Å²) < 4.78 is 5.48. The molecule has 0 aliphatic carbocycles. The molecule has 0 spiro atoms. The van der Waals surface area contributed by atoms with Gasteiger partial charge in [0.15, 0.2) is 0 Å². The van der Waals surface area contributed by atoms with Crippen molar-refractivity contribution in [2.24, 2.45) is 0 Å². The van der Waals surface area contributed by atoms with Crippen LogP contribution in [-0.2, 0) is 14.3 Å². The average molecular weight is 1140 g/mol. The zero-order chi connectivity index (χ0) is 58.5. The predicted molar refractivity (Wildman–Crippen MR) is 356 cm³/mol. The Morgan fingerprint density at radius 3 is 0.889 bits per heavy atom. The maximum absolute atomic E-state index is 12.5. The highest BCUT2D eigenvalue weighted by molar-refractivity contribution is 5.76. The van der Waals surface area contributed by atoms with Gasteiger partial charge in [-0.05, 0) is 83.5 Å². The summed E-state index contributed by atoms with van der Waals surface area (Å²) in [6.07, 6.45) is 91.0. The highest BCUT2D eigenvalue weighted by Crippen LogP contribution is 2.19. The third-order valence-corrected chi connectivity index (χ3v) is 17.1. The number of rotatable bonds is 69. The van der Waals surface area contributed by atoms with Gasteiger partial charge < -0.3 is 20.3 Å². The molecule has 0 radical (unpaired) electrons. The molecule has 478 valence electrons. The van der Waals surface area contributed by atoms with Gasteiger partial charge in [0.2, 0.25) is 5.91 Å². The Balaban J connectivity index is 3.39. The van der Waals surface area contributed by atoms with Crippen molar-refractivity contribution < 1.29 is 24.5 Å². The van der Waals surface area contributed by atoms with Crippen LogP contribution in [0.15, 0.2) is 36.5 Å². The number of carbonyl (C=O) groups is 2. The molecule has 0 aromatic carbocycles. The lowest BCUT2D eigenvalue weighted by molar-refractivity contribution is -0.143. The van der Waals surface area contributed by atoms with Gasteiger partial charge in [0.1, 0.15) is 0 Å². The number of unbranched alkanes of at least 4 members (excludes halogenated alkanes) is 54. The van der Waals surface area contributed by atoms with Gasteiger partial charge in [-0.1, -0.05) is 346 Å². The third kappa shape index (κ3) is 67.1. The largest absolute Gasteiger partial charge is 0.466 e. The second-order valence-electron chi connectivity index (χ2n) is 25.3. The van der Waals surface area contributed by atoms with Crippen LogP contribution in [0.5, 0.6) is 0 Å². The zero-order valence-electron chi connectivity index (χ0n) is 54.8. The number of hydrogen-bond donors (Lipinski definition) is 3. The highest BCUT2D eigenvalue weighted by atomic mass is 16.5. The first-order chi connectivity index (χ1) is 40.0. The number of allylic oxidation sites excluding steroid dienone is 5. The Kier molecular flexibility index (Phi) is 68.9. The van der Waals surface area contributed by atoms with Crippen molar-refractivity contribution in [3.63, 3.8) is 0 Å². The summed E-state index contributed by atoms with van der Waals surface area (Å²) in [7, 11) is 0. The lowest BCUT2D eigenvalue weighted by Gasteiger charge is -2.20. The highest BCUT2D eigenvalue weighted by Gasteiger charge is 2.18. The molecule has 0 aliphatic heterocycles. The van der Waals surface area contributed by atoms with Crippen LogP contribution >= 0.6 is 0 Å². The molecule has 0 aliphatic rings. The number of esters is 1. The molecule has 6 nitrogen and oxygen atoms in total. The van der Waals surface area contributed by atoms with E-state index in [9.17, 15) is 19.8 Å². The van der Waals surface area contributed by atoms with Gasteiger partial charge in [-0.2, -0.15) is 0 Å². The fraction of sp³-hybridized carbons (Fsp3) is 0.893. The van der Waals surface area contributed by atoms with E-state index in [-0.39, 0.29) is 18.5 Å². The lowest BCUT2D eigenvalue weighted by Crippen LogP contribution is -2.45. The van der Waals surface area contributed by atoms with Crippen LogP contribution in [-0.4, -0.2) is 47.4 Å². The number of nitrogens with one attached hydrogen (secondary N) is 1. The van der Waals surface area contributed by atoms with Crippen LogP contribution in [0.2, 0.25) is 0 Å². The molecule has 0 aromatic heterocycles. The van der Waals surface area contributed by atoms with Crippen molar-refractivity contribution in [2.45, 2.75) is 418 Å². The average Bonchev–Trinajstić information content (AvgIpc) is 3.47. The van der Waals surface area contributed by atoms with E-state index in [0.29, 0.717) is 19.4 Å². The summed E-state index contributed by atoms with van der Waals surface area (Å²) in [4.78, 5) is 24.6. The molecule has 0 fully saturated rings. The molecule has 0 saturated carbocycles. The van der Waals surface area contributed by atoms with E-state index >= 15 is 0 Å². The molecule has 81 heavy (non-hydrogen) atoms. The van der Waals surface area contributed by atoms with Crippen molar-refractivity contribution in [2.75, 3.05) is 13.2 Å². The summed E-state index contributed by atoms with van der Waals surface area (Å²) in [5.74, 6) is -0.0536. The van der Waals surface area contributed by atoms with Crippen molar-refractivity contribution in [3.8, 4) is 0 Å². The summed E-state index contributed by atoms with van der Waals surface area (Å²) in [5, 5.41) is 23.3. The van der Waals surface area contributed by atoms with Crippen molar-refractivity contribution in [1.82, 2.24) is 5.32 Å². The van der Waals surface area contributed by atoms with Gasteiger partial charge in [-0.15, -0.1) is 0 Å². The van der Waals surface area contributed by atoms with E-state index < -0.39 is 12.1 Å². The Morgan fingerprint density at radius 1 is 0.333 bits per heavy atom. The smallest absolute Gasteiger partial charge is 0.305 e. The SMILES string of the molecule is CCCCCC/C=C\CCCCCCCC(=O)OCCCCCCCCCCCCCC/C=C\CCCCCCCCCCCCCCCCCC(=O)NC(CO)C(O)/C=C/CCCCCCCCCCCCCCCCCCCC. The van der Waals surface area contributed by atoms with Crippen LogP contribution in [0.3, 0.4) is 0 Å². The molecule has 0 bridgehead atoms. The molecule has 3 N–H and O–H groups in total. The van der Waals surface area contributed by atoms with Gasteiger partial charge in [0, 0.05) is 12.8 Å². The number of hydrogen-bond acceptors (Lipinski definition) is 5. The molecule has 0 rings (SSSR count). The third-order valence-electron chi connectivity index (χ3n) is 17.1. The summed E-state index contributed by atoms with van der Waals surface area (Å²) in [6.45, 7) is 4.92. The van der Waals surface area contributed by atoms with E-state index in [2.05, 4.69) is 43.5 Å². The van der Waals surface area contributed by atoms with Gasteiger partial charge in [0.05, 0.1) is 25.4 Å². The Bertz CT molecular complexity index is 1310. The van der Waals surface area contributed by atoms with Crippen LogP contribution < -0.4 is 5.32 Å². The maximum atomic E-state index is 12.5. The van der Waals surface area contributed by atoms with Gasteiger partial charge in [-0.3, -0.25) is 9.59 Å². The van der Waals surface area contributed by atoms with Crippen LogP contribution in [0.25, 0.3) is 0 Å². The Labute approximate surface area is 506 Å². The second-order valence-corrected chi connectivity index (χ2v) is 25.3. The van der Waals surface area contributed by atoms with Crippen molar-refractivity contribution >= 4 is 11.9 Å². The minimum Gasteiger partial charge on any atom is -0.466 e. The fourth-order valence-corrected chi connectivity index (χ4v) is 11.5. The molecule has 2 atom stereocenters. The fourth-order valence-electron chi connectivity index (χ4n) is 11.5. The molecule has 0 aromatic rings. The summed E-state index contributed by atoms with van der Waals surface area (Å²) in [5.41, 5.74) is 0. The first-order valence-corrected chi connectivity index (χ1v) is 36.8. The predicted octanol–water partition coefficient (Wildman–Crippen LogP) is 23.9. The Morgan fingerprint density at radius 2 is 0.580 bits per heavy atom. The Hall–Kier alpha value is -1.92. The molecule has 0 saturated heterocycles. The maximum Gasteiger partial charge on any atom is 0.305 e. The molecule has 1 amide bonds. The minimum absolute atomic E-state index is 0.00852. The number of ether oxygens (including phenoxy) is 1. The van der Waals surface area contributed by atoms with Gasteiger partial charge in [0.25, 0.3) is 0 Å². The molecular weight excluding hydrogens is 995 g/mol. The second kappa shape index (κ2) is 70.6. The summed E-state index contributed by atoms with van der Waals surface area (Å²) >= 11 is 0. The number of aliphatic hydroxyl groups is 2. The summed E-state index contributed by atoms with van der Waals surface area (Å²) in [6, 6.07) is -0.627. The molecule has 2 unspecified atom stereocenters. The monoisotopic (exact) mass is 1140 g/mol. The van der Waals surface area contributed by atoms with Crippen LogP contribution in [0.1, 0.15) is 406 Å². The van der Waals surface area contributed by atoms with Gasteiger partial charge in [-0.25, -0.2) is 0 Å². The van der Waals surface area contributed by atoms with E-state index in [1.54, 1.807) is 6.08 Å². The molecular formula is C75H143NO5. The van der Waals surface area contributed by atoms with Crippen molar-refractivity contribution in [3.05, 3.63) is 36.5 Å². The topological polar surface area (TPSA) is 95.9 Å². The van der Waals surface area contributed by atoms with Crippen molar-refractivity contribution in [1.29, 1.82) is 0 Å². The number of amides is 1. The van der Waals surface area contributed by atoms with E-state index in [1.807, 2.05) is 6.08 Å². The van der Waals surface area contributed by atoms with E-state index in [1.165, 1.54) is 334 Å². The standard InChI is InChI=1S/C75H143NO5/c1-3-5-7-9-11-13-15-17-18-19-20-34-37-40-44-47-51-55-59-63-67-73(78)72(71-77)76-74(79)68-64-60-56-52-48-45-41-38-35-32-30-28-26-24-22-21-23-25-27-29-31-33-36-39-42-46-50-54-58-62-66-70-81-75(80)69-65-61-57-53-49-43-16-14-12-10-8-6-4-2/h14,16,23,25,63,67,72-73,77-78H,3-13,15,17-22,24,26-62,64-66,68-71H2,1-2H3,(H,76,79)/b16-14-,25-23-,67-63+. The quantitative estimate of drug-likeness (QED) is 0.0320.